The summed E-state index contributed by atoms with van der Waals surface area (Å²) < 4.78 is 26.6. The lowest BCUT2D eigenvalue weighted by atomic mass is 9.89. The third kappa shape index (κ3) is 3.94. The lowest BCUT2D eigenvalue weighted by Gasteiger charge is -2.27. The Morgan fingerprint density at radius 1 is 1.35 bits per heavy atom. The van der Waals surface area contributed by atoms with Crippen molar-refractivity contribution in [1.82, 2.24) is 9.71 Å². The van der Waals surface area contributed by atoms with Crippen molar-refractivity contribution in [3.05, 3.63) is 23.5 Å². The van der Waals surface area contributed by atoms with Crippen LogP contribution in [0.4, 0.5) is 0 Å². The van der Waals surface area contributed by atoms with Crippen LogP contribution >= 0.6 is 11.6 Å². The number of aromatic nitrogens is 1. The first kappa shape index (κ1) is 14.4. The van der Waals surface area contributed by atoms with E-state index in [1.54, 1.807) is 0 Å². The highest BCUT2D eigenvalue weighted by Crippen LogP contribution is 2.21. The number of hydrogen-bond acceptors (Lipinski definition) is 3. The maximum Gasteiger partial charge on any atom is 0.242 e. The van der Waals surface area contributed by atoms with Crippen LogP contribution in [0.3, 0.4) is 0 Å². The molecule has 96 valence electrons. The molecular formula is C11H17ClN2O2S. The molecule has 1 unspecified atom stereocenters. The fourth-order valence-corrected chi connectivity index (χ4v) is 2.50. The van der Waals surface area contributed by atoms with Crippen LogP contribution in [0.5, 0.6) is 0 Å². The molecule has 6 heteroatoms. The van der Waals surface area contributed by atoms with E-state index in [0.717, 1.165) is 0 Å². The Labute approximate surface area is 107 Å². The van der Waals surface area contributed by atoms with Gasteiger partial charge in [0.1, 0.15) is 10.0 Å². The molecule has 0 amide bonds. The average molecular weight is 277 g/mol. The summed E-state index contributed by atoms with van der Waals surface area (Å²) in [4.78, 5) is 3.88. The molecule has 4 nitrogen and oxygen atoms in total. The predicted octanol–water partition coefficient (Wildman–Crippen LogP) is 2.45. The lowest BCUT2D eigenvalue weighted by molar-refractivity contribution is 0.317. The Bertz CT molecular complexity index is 477. The van der Waals surface area contributed by atoms with E-state index in [0.29, 0.717) is 0 Å². The zero-order valence-corrected chi connectivity index (χ0v) is 11.9. The third-order valence-electron chi connectivity index (χ3n) is 2.64. The number of halogens is 1. The van der Waals surface area contributed by atoms with Crippen molar-refractivity contribution in [2.75, 3.05) is 0 Å². The maximum absolute atomic E-state index is 12.0. The minimum absolute atomic E-state index is 0.123. The standard InChI is InChI=1S/C11H17ClN2O2S/c1-8(11(2,3)4)14-17(15,16)9-5-6-10(12)13-7-9/h5-8,14H,1-4H3. The van der Waals surface area contributed by atoms with Crippen molar-refractivity contribution in [3.63, 3.8) is 0 Å². The molecule has 0 radical (unpaired) electrons. The van der Waals surface area contributed by atoms with Gasteiger partial charge in [-0.15, -0.1) is 0 Å². The normalized spacial score (nSPS) is 14.6. The van der Waals surface area contributed by atoms with Gasteiger partial charge in [0.05, 0.1) is 0 Å². The zero-order chi connectivity index (χ0) is 13.3. The fraction of sp³-hybridized carbons (Fsp3) is 0.545. The minimum Gasteiger partial charge on any atom is -0.243 e. The molecule has 17 heavy (non-hydrogen) atoms. The summed E-state index contributed by atoms with van der Waals surface area (Å²) in [7, 11) is -3.53. The summed E-state index contributed by atoms with van der Waals surface area (Å²) in [6.45, 7) is 7.75. The lowest BCUT2D eigenvalue weighted by Crippen LogP contribution is -2.41. The third-order valence-corrected chi connectivity index (χ3v) is 4.39. The van der Waals surface area contributed by atoms with Crippen molar-refractivity contribution >= 4 is 21.6 Å². The molecule has 0 aliphatic carbocycles. The zero-order valence-electron chi connectivity index (χ0n) is 10.4. The Hall–Kier alpha value is -0.650. The van der Waals surface area contributed by atoms with E-state index in [1.165, 1.54) is 18.3 Å². The molecule has 1 atom stereocenters. The highest BCUT2D eigenvalue weighted by Gasteiger charge is 2.25. The Morgan fingerprint density at radius 3 is 2.35 bits per heavy atom. The van der Waals surface area contributed by atoms with Crippen LogP contribution in [-0.2, 0) is 10.0 Å². The molecule has 1 heterocycles. The number of nitrogens with one attached hydrogen (secondary N) is 1. The van der Waals surface area contributed by atoms with Crippen LogP contribution < -0.4 is 4.72 Å². The summed E-state index contributed by atoms with van der Waals surface area (Å²) in [6, 6.07) is 2.72. The Morgan fingerprint density at radius 2 is 1.94 bits per heavy atom. The van der Waals surface area contributed by atoms with Gasteiger partial charge < -0.3 is 0 Å². The van der Waals surface area contributed by atoms with Gasteiger partial charge >= 0.3 is 0 Å². The molecule has 0 bridgehead atoms. The van der Waals surface area contributed by atoms with E-state index in [-0.39, 0.29) is 21.5 Å². The minimum atomic E-state index is -3.53. The van der Waals surface area contributed by atoms with Gasteiger partial charge in [-0.25, -0.2) is 18.1 Å². The van der Waals surface area contributed by atoms with Gasteiger partial charge in [-0.05, 0) is 24.5 Å². The quantitative estimate of drug-likeness (QED) is 0.863. The number of nitrogens with zero attached hydrogens (tertiary/aromatic N) is 1. The number of rotatable bonds is 3. The largest absolute Gasteiger partial charge is 0.243 e. The molecule has 0 saturated heterocycles. The Balaban J connectivity index is 2.94. The van der Waals surface area contributed by atoms with Crippen LogP contribution in [0, 0.1) is 5.41 Å². The molecule has 0 fully saturated rings. The van der Waals surface area contributed by atoms with Crippen molar-refractivity contribution in [2.24, 2.45) is 5.41 Å². The van der Waals surface area contributed by atoms with Gasteiger partial charge in [0.25, 0.3) is 0 Å². The van der Waals surface area contributed by atoms with Gasteiger partial charge in [-0.1, -0.05) is 32.4 Å². The van der Waals surface area contributed by atoms with Gasteiger partial charge in [0.2, 0.25) is 10.0 Å². The van der Waals surface area contributed by atoms with Crippen molar-refractivity contribution < 1.29 is 8.42 Å². The highest BCUT2D eigenvalue weighted by atomic mass is 35.5. The van der Waals surface area contributed by atoms with Gasteiger partial charge in [0, 0.05) is 12.2 Å². The van der Waals surface area contributed by atoms with E-state index < -0.39 is 10.0 Å². The van der Waals surface area contributed by atoms with Crippen LogP contribution in [0.2, 0.25) is 5.15 Å². The second-order valence-electron chi connectivity index (χ2n) is 5.03. The SMILES string of the molecule is CC(NS(=O)(=O)c1ccc(Cl)nc1)C(C)(C)C. The summed E-state index contributed by atoms with van der Waals surface area (Å²) in [5, 5.41) is 0.271. The van der Waals surface area contributed by atoms with E-state index in [1.807, 2.05) is 27.7 Å². The molecule has 0 aromatic carbocycles. The van der Waals surface area contributed by atoms with Crippen LogP contribution in [0.25, 0.3) is 0 Å². The number of sulfonamides is 1. The van der Waals surface area contributed by atoms with E-state index >= 15 is 0 Å². The molecular weight excluding hydrogens is 260 g/mol. The first-order valence-electron chi connectivity index (χ1n) is 5.27. The molecule has 1 N–H and O–H groups in total. The summed E-state index contributed by atoms with van der Waals surface area (Å²) >= 11 is 5.61. The van der Waals surface area contributed by atoms with Crippen molar-refractivity contribution in [1.29, 1.82) is 0 Å². The number of hydrogen-bond donors (Lipinski definition) is 1. The fourth-order valence-electron chi connectivity index (χ4n) is 0.999. The molecule has 0 saturated carbocycles. The number of pyridine rings is 1. The molecule has 1 aromatic heterocycles. The van der Waals surface area contributed by atoms with Gasteiger partial charge in [-0.2, -0.15) is 0 Å². The first-order valence-corrected chi connectivity index (χ1v) is 7.13. The summed E-state index contributed by atoms with van der Waals surface area (Å²) in [6.07, 6.45) is 1.25. The highest BCUT2D eigenvalue weighted by molar-refractivity contribution is 7.89. The second-order valence-corrected chi connectivity index (χ2v) is 7.13. The van der Waals surface area contributed by atoms with Crippen LogP contribution in [0.1, 0.15) is 27.7 Å². The molecule has 1 rings (SSSR count). The smallest absolute Gasteiger partial charge is 0.242 e. The van der Waals surface area contributed by atoms with Crippen molar-refractivity contribution in [2.45, 2.75) is 38.6 Å². The molecule has 0 aliphatic heterocycles. The van der Waals surface area contributed by atoms with E-state index in [2.05, 4.69) is 9.71 Å². The monoisotopic (exact) mass is 276 g/mol. The molecule has 0 aliphatic rings. The van der Waals surface area contributed by atoms with E-state index in [4.69, 9.17) is 11.6 Å². The van der Waals surface area contributed by atoms with Crippen LogP contribution in [-0.4, -0.2) is 19.4 Å². The maximum atomic E-state index is 12.0. The van der Waals surface area contributed by atoms with E-state index in [9.17, 15) is 8.42 Å². The molecule has 0 spiro atoms. The second kappa shape index (κ2) is 4.92. The summed E-state index contributed by atoms with van der Waals surface area (Å²) in [5.74, 6) is 0. The molecule has 1 aromatic rings. The summed E-state index contributed by atoms with van der Waals surface area (Å²) in [5.41, 5.74) is -0.146. The average Bonchev–Trinajstić information content (AvgIpc) is 2.16. The van der Waals surface area contributed by atoms with Gasteiger partial charge in [0.15, 0.2) is 0 Å². The first-order chi connectivity index (χ1) is 7.63. The van der Waals surface area contributed by atoms with Gasteiger partial charge in [-0.3, -0.25) is 0 Å². The Kier molecular flexibility index (Phi) is 4.17. The van der Waals surface area contributed by atoms with Crippen molar-refractivity contribution in [3.8, 4) is 0 Å². The predicted molar refractivity (Wildman–Crippen MR) is 68.5 cm³/mol. The topological polar surface area (TPSA) is 59.1 Å². The van der Waals surface area contributed by atoms with Crippen LogP contribution in [0.15, 0.2) is 23.2 Å².